The summed E-state index contributed by atoms with van der Waals surface area (Å²) in [5.74, 6) is -2.50. The van der Waals surface area contributed by atoms with Crippen LogP contribution in [-0.4, -0.2) is 42.5 Å². The van der Waals surface area contributed by atoms with Gasteiger partial charge in [0.25, 0.3) is 17.7 Å². The molecule has 0 fully saturated rings. The molecule has 0 radical (unpaired) electrons. The molecule has 5 rings (SSSR count). The van der Waals surface area contributed by atoms with E-state index in [1.165, 1.54) is 18.9 Å². The number of thiophene rings is 1. The topological polar surface area (TPSA) is 143 Å². The number of hydrogen-bond acceptors (Lipinski definition) is 8. The van der Waals surface area contributed by atoms with E-state index in [1.807, 2.05) is 37.3 Å². The Labute approximate surface area is 303 Å². The van der Waals surface area contributed by atoms with Crippen LogP contribution in [0.3, 0.4) is 0 Å². The second-order valence-corrected chi connectivity index (χ2v) is 13.3. The number of nitrogens with one attached hydrogen (secondary N) is 4. The fourth-order valence-electron chi connectivity index (χ4n) is 4.92. The van der Waals surface area contributed by atoms with Crippen molar-refractivity contribution in [2.45, 2.75) is 18.7 Å². The van der Waals surface area contributed by atoms with Crippen molar-refractivity contribution < 1.29 is 28.7 Å². The Morgan fingerprint density at radius 3 is 2.14 bits per heavy atom. The Kier molecular flexibility index (Phi) is 12.2. The van der Waals surface area contributed by atoms with Gasteiger partial charge in [-0.2, -0.15) is 0 Å². The van der Waals surface area contributed by atoms with Crippen molar-refractivity contribution in [3.63, 3.8) is 0 Å². The minimum atomic E-state index is -0.676. The second-order valence-electron chi connectivity index (χ2n) is 11.2. The smallest absolute Gasteiger partial charge is 0.341 e. The number of carbonyl (C=O) groups excluding carboxylic acids is 5. The molecule has 0 aliphatic heterocycles. The molecule has 4 aromatic carbocycles. The minimum Gasteiger partial charge on any atom is -0.465 e. The van der Waals surface area contributed by atoms with Crippen LogP contribution in [0.4, 0.5) is 16.4 Å². The van der Waals surface area contributed by atoms with Gasteiger partial charge >= 0.3 is 5.97 Å². The molecule has 258 valence electrons. The molecule has 0 spiro atoms. The van der Waals surface area contributed by atoms with Crippen LogP contribution in [-0.2, 0) is 14.3 Å². The number of carbonyl (C=O) groups is 5. The van der Waals surface area contributed by atoms with Crippen LogP contribution in [0.15, 0.2) is 120 Å². The quantitative estimate of drug-likeness (QED) is 0.0593. The van der Waals surface area contributed by atoms with Crippen molar-refractivity contribution in [1.82, 2.24) is 5.32 Å². The molecule has 0 bridgehead atoms. The first kappa shape index (κ1) is 36.3. The molecule has 1 heterocycles. The lowest BCUT2D eigenvalue weighted by molar-refractivity contribution is -0.114. The summed E-state index contributed by atoms with van der Waals surface area (Å²) in [6.45, 7) is 3.56. The molecule has 51 heavy (non-hydrogen) atoms. The lowest BCUT2D eigenvalue weighted by Crippen LogP contribution is -2.30. The predicted molar refractivity (Wildman–Crippen MR) is 202 cm³/mol. The van der Waals surface area contributed by atoms with Crippen LogP contribution >= 0.6 is 23.1 Å². The van der Waals surface area contributed by atoms with E-state index in [0.29, 0.717) is 27.4 Å². The fourth-order valence-corrected chi connectivity index (χ4v) is 6.78. The van der Waals surface area contributed by atoms with Crippen molar-refractivity contribution >= 4 is 75.1 Å². The molecule has 0 aliphatic rings. The lowest BCUT2D eigenvalue weighted by Gasteiger charge is -2.12. The van der Waals surface area contributed by atoms with Gasteiger partial charge in [0.1, 0.15) is 10.7 Å². The number of para-hydroxylation sites is 1. The highest BCUT2D eigenvalue weighted by molar-refractivity contribution is 8.00. The summed E-state index contributed by atoms with van der Waals surface area (Å²) in [5.41, 5.74) is 3.73. The average Bonchev–Trinajstić information content (AvgIpc) is 3.46. The first-order valence-electron chi connectivity index (χ1n) is 15.7. The molecule has 4 amide bonds. The molecular formula is C39H34N4O6S2. The average molecular weight is 719 g/mol. The zero-order valence-electron chi connectivity index (χ0n) is 27.9. The van der Waals surface area contributed by atoms with E-state index in [1.54, 1.807) is 91.9 Å². The fraction of sp³-hybridized carbons (Fsp3) is 0.103. The molecule has 0 aliphatic carbocycles. The number of hydrogen-bond donors (Lipinski definition) is 4. The molecule has 0 saturated carbocycles. The third kappa shape index (κ3) is 9.81. The maximum absolute atomic E-state index is 13.5. The van der Waals surface area contributed by atoms with Gasteiger partial charge in [-0.15, -0.1) is 23.1 Å². The number of rotatable bonds is 12. The van der Waals surface area contributed by atoms with Crippen LogP contribution in [0.1, 0.15) is 47.1 Å². The highest BCUT2D eigenvalue weighted by atomic mass is 32.2. The van der Waals surface area contributed by atoms with Crippen LogP contribution < -0.4 is 21.3 Å². The van der Waals surface area contributed by atoms with Gasteiger partial charge in [-0.05, 0) is 73.5 Å². The summed E-state index contributed by atoms with van der Waals surface area (Å²) in [7, 11) is 1.23. The summed E-state index contributed by atoms with van der Waals surface area (Å²) in [6.07, 6.45) is 1.61. The van der Waals surface area contributed by atoms with Crippen LogP contribution in [0, 0.1) is 13.8 Å². The first-order chi connectivity index (χ1) is 24.6. The van der Waals surface area contributed by atoms with Crippen molar-refractivity contribution in [3.05, 3.63) is 148 Å². The Hall–Kier alpha value is -5.98. The number of amides is 4. The maximum atomic E-state index is 13.5. The van der Waals surface area contributed by atoms with E-state index < -0.39 is 29.6 Å². The van der Waals surface area contributed by atoms with E-state index in [-0.39, 0.29) is 26.9 Å². The summed E-state index contributed by atoms with van der Waals surface area (Å²) in [6, 6.07) is 32.0. The Balaban J connectivity index is 1.27. The van der Waals surface area contributed by atoms with Crippen molar-refractivity contribution in [2.75, 3.05) is 28.8 Å². The summed E-state index contributed by atoms with van der Waals surface area (Å²) >= 11 is 2.20. The summed E-state index contributed by atoms with van der Waals surface area (Å²) < 4.78 is 4.94. The molecule has 10 nitrogen and oxygen atoms in total. The first-order valence-corrected chi connectivity index (χ1v) is 17.5. The van der Waals surface area contributed by atoms with E-state index >= 15 is 0 Å². The van der Waals surface area contributed by atoms with E-state index in [0.717, 1.165) is 22.5 Å². The summed E-state index contributed by atoms with van der Waals surface area (Å²) in [5, 5.41) is 11.3. The predicted octanol–water partition coefficient (Wildman–Crippen LogP) is 7.54. The zero-order chi connectivity index (χ0) is 36.3. The largest absolute Gasteiger partial charge is 0.465 e. The zero-order valence-corrected chi connectivity index (χ0v) is 29.6. The van der Waals surface area contributed by atoms with Gasteiger partial charge in [-0.1, -0.05) is 72.3 Å². The van der Waals surface area contributed by atoms with Crippen molar-refractivity contribution in [2.24, 2.45) is 0 Å². The molecule has 0 saturated heterocycles. The maximum Gasteiger partial charge on any atom is 0.341 e. The van der Waals surface area contributed by atoms with Gasteiger partial charge < -0.3 is 26.0 Å². The Morgan fingerprint density at radius 2 is 1.43 bits per heavy atom. The molecule has 4 N–H and O–H groups in total. The third-order valence-corrected chi connectivity index (χ3v) is 9.57. The van der Waals surface area contributed by atoms with Gasteiger partial charge in [0.05, 0.1) is 23.3 Å². The van der Waals surface area contributed by atoms with Gasteiger partial charge in [0, 0.05) is 21.8 Å². The molecule has 5 aromatic rings. The van der Waals surface area contributed by atoms with Crippen molar-refractivity contribution in [3.8, 4) is 0 Å². The Morgan fingerprint density at radius 1 is 0.745 bits per heavy atom. The summed E-state index contributed by atoms with van der Waals surface area (Å²) in [4.78, 5) is 66.3. The van der Waals surface area contributed by atoms with Crippen molar-refractivity contribution in [1.29, 1.82) is 0 Å². The number of esters is 1. The third-order valence-electron chi connectivity index (χ3n) is 7.37. The number of methoxy groups -OCH3 is 1. The van der Waals surface area contributed by atoms with E-state index in [4.69, 9.17) is 4.74 Å². The Bertz CT molecular complexity index is 2110. The number of thioether (sulfide) groups is 1. The highest BCUT2D eigenvalue weighted by Gasteiger charge is 2.26. The normalized spacial score (nSPS) is 10.9. The molecule has 12 heteroatoms. The number of ether oxygens (including phenoxy) is 1. The molecule has 0 unspecified atom stereocenters. The monoisotopic (exact) mass is 718 g/mol. The van der Waals surface area contributed by atoms with Crippen LogP contribution in [0.2, 0.25) is 0 Å². The standard InChI is InChI=1S/C39H34N4O6S2/c1-24-12-10-13-26(20-24)21-31(42-35(45)27-14-6-4-7-15-27)36(46)41-29-18-11-19-30(22-29)50-23-32(44)43-38-33(39(48)49-3)25(2)34(51-38)37(47)40-28-16-8-5-9-17-28/h4-22H,23H2,1-3H3,(H,40,47)(H,41,46)(H,42,45)(H,43,44)/b31-21+. The van der Waals surface area contributed by atoms with Gasteiger partial charge in [-0.3, -0.25) is 19.2 Å². The molecular weight excluding hydrogens is 685 g/mol. The molecule has 0 atom stereocenters. The molecule has 1 aromatic heterocycles. The van der Waals surface area contributed by atoms with E-state index in [2.05, 4.69) is 21.3 Å². The SMILES string of the molecule is COC(=O)c1c(NC(=O)CSc2cccc(NC(=O)/C(=C\c3cccc(C)c3)NC(=O)c3ccccc3)c2)sc(C(=O)Nc2ccccc2)c1C. The number of anilines is 3. The van der Waals surface area contributed by atoms with Gasteiger partial charge in [-0.25, -0.2) is 4.79 Å². The number of aryl methyl sites for hydroxylation is 1. The van der Waals surface area contributed by atoms with E-state index in [9.17, 15) is 24.0 Å². The van der Waals surface area contributed by atoms with Crippen LogP contribution in [0.25, 0.3) is 6.08 Å². The minimum absolute atomic E-state index is 0.0356. The number of benzene rings is 4. The second kappa shape index (κ2) is 17.1. The van der Waals surface area contributed by atoms with Crippen LogP contribution in [0.5, 0.6) is 0 Å². The highest BCUT2D eigenvalue weighted by Crippen LogP contribution is 2.34. The van der Waals surface area contributed by atoms with Gasteiger partial charge in [0.15, 0.2) is 0 Å². The van der Waals surface area contributed by atoms with Gasteiger partial charge in [0.2, 0.25) is 5.91 Å². The lowest BCUT2D eigenvalue weighted by atomic mass is 10.1.